The molecule has 2 heterocycles. The first kappa shape index (κ1) is 29.3. The molecule has 0 atom stereocenters. The van der Waals surface area contributed by atoms with Crippen LogP contribution in [0.2, 0.25) is 0 Å². The number of fused-ring (bicyclic) bond motifs is 2. The highest BCUT2D eigenvalue weighted by atomic mass is 16.7. The summed E-state index contributed by atoms with van der Waals surface area (Å²) in [5.41, 5.74) is 6.43. The molecule has 45 heavy (non-hydrogen) atoms. The Hall–Kier alpha value is -5.78. The lowest BCUT2D eigenvalue weighted by molar-refractivity contribution is -0.167. The number of carbonyl (C=O) groups excluding carboxylic acids is 2. The maximum absolute atomic E-state index is 12.4. The summed E-state index contributed by atoms with van der Waals surface area (Å²) in [5.74, 6) is -0.954. The molecule has 12 heteroatoms. The molecular weight excluding hydrogens is 576 g/mol. The Kier molecular flexibility index (Phi) is 8.10. The van der Waals surface area contributed by atoms with E-state index in [2.05, 4.69) is 20.4 Å². The van der Waals surface area contributed by atoms with Crippen LogP contribution in [0.25, 0.3) is 33.4 Å². The van der Waals surface area contributed by atoms with Crippen LogP contribution in [-0.4, -0.2) is 58.9 Å². The van der Waals surface area contributed by atoms with Crippen molar-refractivity contribution in [3.8, 4) is 22.9 Å². The molecule has 12 nitrogen and oxygen atoms in total. The summed E-state index contributed by atoms with van der Waals surface area (Å²) >= 11 is 0. The minimum absolute atomic E-state index is 0.0434. The Morgan fingerprint density at radius 3 is 1.33 bits per heavy atom. The van der Waals surface area contributed by atoms with Gasteiger partial charge in [-0.05, 0) is 85.3 Å². The molecule has 0 radical (unpaired) electrons. The SMILES string of the molecule is Cc1cc(CCC(=O)OCOC(=O)CCc2cc(C)c(O)c(-n3nc4ccccc4n3)c2)cc(-n2nc3ccccc3n2)c1O. The standard InChI is InChI=1S/C33H30N6O6/c1-20-15-22(17-28(32(20)42)38-34-24-7-3-4-8-25(24)35-38)11-13-30(40)44-19-45-31(41)14-12-23-16-21(2)33(43)29(18-23)39-36-26-9-5-6-10-27(26)37-39/h3-10,15-18,42-43H,11-14,19H2,1-2H3. The Morgan fingerprint density at radius 2 is 0.978 bits per heavy atom. The number of phenolic OH excluding ortho intramolecular Hbond substituents is 2. The van der Waals surface area contributed by atoms with Crippen LogP contribution in [0, 0.1) is 13.8 Å². The maximum Gasteiger partial charge on any atom is 0.308 e. The zero-order valence-corrected chi connectivity index (χ0v) is 24.7. The van der Waals surface area contributed by atoms with Gasteiger partial charge in [-0.3, -0.25) is 9.59 Å². The van der Waals surface area contributed by atoms with Gasteiger partial charge >= 0.3 is 11.9 Å². The van der Waals surface area contributed by atoms with Gasteiger partial charge in [-0.15, -0.1) is 30.0 Å². The van der Waals surface area contributed by atoms with Crippen molar-refractivity contribution < 1.29 is 29.3 Å². The van der Waals surface area contributed by atoms with Crippen molar-refractivity contribution >= 4 is 34.0 Å². The molecule has 4 aromatic carbocycles. The zero-order chi connectivity index (χ0) is 31.5. The highest BCUT2D eigenvalue weighted by Gasteiger charge is 2.16. The van der Waals surface area contributed by atoms with Crippen LogP contribution in [0.15, 0.2) is 72.8 Å². The van der Waals surface area contributed by atoms with Crippen molar-refractivity contribution in [3.05, 3.63) is 95.1 Å². The first-order valence-electron chi connectivity index (χ1n) is 14.4. The highest BCUT2D eigenvalue weighted by molar-refractivity contribution is 5.75. The molecule has 0 aliphatic heterocycles. The summed E-state index contributed by atoms with van der Waals surface area (Å²) in [5, 5.41) is 39.0. The van der Waals surface area contributed by atoms with E-state index >= 15 is 0 Å². The first-order valence-corrected chi connectivity index (χ1v) is 14.4. The predicted molar refractivity (Wildman–Crippen MR) is 164 cm³/mol. The average Bonchev–Trinajstić information content (AvgIpc) is 3.66. The van der Waals surface area contributed by atoms with Gasteiger partial charge in [0.25, 0.3) is 0 Å². The van der Waals surface area contributed by atoms with Crippen LogP contribution in [0.5, 0.6) is 11.5 Å². The van der Waals surface area contributed by atoms with Gasteiger partial charge in [-0.2, -0.15) is 0 Å². The number of aromatic hydroxyl groups is 2. The molecule has 0 amide bonds. The monoisotopic (exact) mass is 606 g/mol. The first-order chi connectivity index (χ1) is 21.7. The summed E-state index contributed by atoms with van der Waals surface area (Å²) in [4.78, 5) is 27.5. The molecule has 6 rings (SSSR count). The number of esters is 2. The quantitative estimate of drug-likeness (QED) is 0.164. The molecule has 6 aromatic rings. The Morgan fingerprint density at radius 1 is 0.622 bits per heavy atom. The molecule has 0 aliphatic carbocycles. The average molecular weight is 607 g/mol. The largest absolute Gasteiger partial charge is 0.505 e. The number of aryl methyl sites for hydroxylation is 4. The number of benzene rings is 4. The van der Waals surface area contributed by atoms with Gasteiger partial charge in [-0.25, -0.2) is 0 Å². The number of nitrogens with zero attached hydrogens (tertiary/aromatic N) is 6. The summed E-state index contributed by atoms with van der Waals surface area (Å²) in [7, 11) is 0. The summed E-state index contributed by atoms with van der Waals surface area (Å²) in [6, 6.07) is 21.8. The van der Waals surface area contributed by atoms with Crippen molar-refractivity contribution in [3.63, 3.8) is 0 Å². The summed E-state index contributed by atoms with van der Waals surface area (Å²) in [6.07, 6.45) is 0.763. The topological polar surface area (TPSA) is 154 Å². The van der Waals surface area contributed by atoms with Crippen LogP contribution in [0.1, 0.15) is 35.1 Å². The second kappa shape index (κ2) is 12.4. The molecule has 0 aliphatic rings. The Bertz CT molecular complexity index is 1840. The lowest BCUT2D eigenvalue weighted by Gasteiger charge is -2.11. The van der Waals surface area contributed by atoms with Crippen molar-refractivity contribution in [2.24, 2.45) is 0 Å². The molecule has 0 bridgehead atoms. The predicted octanol–water partition coefficient (Wildman–Crippen LogP) is 4.79. The molecule has 0 saturated heterocycles. The summed E-state index contributed by atoms with van der Waals surface area (Å²) in [6.45, 7) is 3.03. The smallest absolute Gasteiger partial charge is 0.308 e. The van der Waals surface area contributed by atoms with E-state index in [1.807, 2.05) is 48.5 Å². The van der Waals surface area contributed by atoms with Gasteiger partial charge in [0.2, 0.25) is 6.79 Å². The molecular formula is C33H30N6O6. The normalized spacial score (nSPS) is 11.2. The number of phenols is 2. The van der Waals surface area contributed by atoms with Crippen LogP contribution >= 0.6 is 0 Å². The second-order valence-electron chi connectivity index (χ2n) is 10.7. The molecule has 0 fully saturated rings. The van der Waals surface area contributed by atoms with E-state index in [-0.39, 0.29) is 24.3 Å². The number of rotatable bonds is 10. The Balaban J connectivity index is 0.998. The number of hydrogen-bond donors (Lipinski definition) is 2. The van der Waals surface area contributed by atoms with Gasteiger partial charge in [0.15, 0.2) is 0 Å². The second-order valence-corrected chi connectivity index (χ2v) is 10.7. The van der Waals surface area contributed by atoms with Gasteiger partial charge in [0.05, 0.1) is 0 Å². The van der Waals surface area contributed by atoms with Crippen molar-refractivity contribution in [1.29, 1.82) is 0 Å². The van der Waals surface area contributed by atoms with E-state index < -0.39 is 18.7 Å². The minimum atomic E-state index is -0.532. The summed E-state index contributed by atoms with van der Waals surface area (Å²) < 4.78 is 10.2. The minimum Gasteiger partial charge on any atom is -0.505 e. The van der Waals surface area contributed by atoms with Crippen LogP contribution in [0.4, 0.5) is 0 Å². The number of aromatic nitrogens is 6. The highest BCUT2D eigenvalue weighted by Crippen LogP contribution is 2.29. The number of ether oxygens (including phenoxy) is 2. The molecule has 228 valence electrons. The van der Waals surface area contributed by atoms with E-state index in [1.54, 1.807) is 38.1 Å². The molecule has 0 unspecified atom stereocenters. The number of hydrogen-bond acceptors (Lipinski definition) is 10. The molecule has 2 N–H and O–H groups in total. The van der Waals surface area contributed by atoms with Crippen LogP contribution in [0.3, 0.4) is 0 Å². The third-order valence-electron chi connectivity index (χ3n) is 7.36. The number of carbonyl (C=O) groups is 2. The van der Waals surface area contributed by atoms with Crippen LogP contribution in [-0.2, 0) is 31.9 Å². The van der Waals surface area contributed by atoms with Gasteiger partial charge < -0.3 is 19.7 Å². The van der Waals surface area contributed by atoms with Crippen molar-refractivity contribution in [2.45, 2.75) is 39.5 Å². The van der Waals surface area contributed by atoms with E-state index in [0.29, 0.717) is 57.4 Å². The maximum atomic E-state index is 12.4. The van der Waals surface area contributed by atoms with Crippen molar-refractivity contribution in [2.75, 3.05) is 6.79 Å². The lowest BCUT2D eigenvalue weighted by atomic mass is 10.0. The fraction of sp³-hybridized carbons (Fsp3) is 0.212. The molecule has 2 aromatic heterocycles. The van der Waals surface area contributed by atoms with E-state index in [4.69, 9.17) is 9.47 Å². The molecule has 0 saturated carbocycles. The van der Waals surface area contributed by atoms with E-state index in [1.165, 1.54) is 9.59 Å². The van der Waals surface area contributed by atoms with Crippen LogP contribution < -0.4 is 0 Å². The lowest BCUT2D eigenvalue weighted by Crippen LogP contribution is -2.14. The van der Waals surface area contributed by atoms with Gasteiger partial charge in [0.1, 0.15) is 44.9 Å². The fourth-order valence-corrected chi connectivity index (χ4v) is 4.99. The van der Waals surface area contributed by atoms with Gasteiger partial charge in [0, 0.05) is 12.8 Å². The fourth-order valence-electron chi connectivity index (χ4n) is 4.99. The van der Waals surface area contributed by atoms with E-state index in [0.717, 1.165) is 11.1 Å². The zero-order valence-electron chi connectivity index (χ0n) is 24.7. The van der Waals surface area contributed by atoms with E-state index in [9.17, 15) is 19.8 Å². The van der Waals surface area contributed by atoms with Gasteiger partial charge in [-0.1, -0.05) is 36.4 Å². The Labute approximate surface area is 257 Å². The third kappa shape index (κ3) is 6.44. The third-order valence-corrected chi connectivity index (χ3v) is 7.36. The molecule has 0 spiro atoms. The van der Waals surface area contributed by atoms with Crippen molar-refractivity contribution in [1.82, 2.24) is 30.0 Å².